The molecule has 0 N–H and O–H groups in total. The van der Waals surface area contributed by atoms with Gasteiger partial charge in [-0.3, -0.25) is 9.59 Å². The molecule has 1 aromatic carbocycles. The quantitative estimate of drug-likeness (QED) is 0.809. The van der Waals surface area contributed by atoms with E-state index in [0.717, 1.165) is 5.01 Å². The molecule has 1 saturated heterocycles. The minimum Gasteiger partial charge on any atom is -0.377 e. The number of hydrogen-bond acceptors (Lipinski definition) is 5. The summed E-state index contributed by atoms with van der Waals surface area (Å²) >= 11 is 1.45. The number of nitrogens with zero attached hydrogens (tertiary/aromatic N) is 2. The molecule has 6 heteroatoms. The van der Waals surface area contributed by atoms with Crippen LogP contribution in [0.15, 0.2) is 35.7 Å². The number of benzene rings is 1. The Morgan fingerprint density at radius 3 is 2.83 bits per heavy atom. The number of aromatic nitrogens is 1. The van der Waals surface area contributed by atoms with Crippen molar-refractivity contribution in [3.63, 3.8) is 0 Å². The molecule has 1 aliphatic rings. The van der Waals surface area contributed by atoms with E-state index in [-0.39, 0.29) is 24.2 Å². The van der Waals surface area contributed by atoms with E-state index < -0.39 is 0 Å². The number of thiazole rings is 1. The lowest BCUT2D eigenvalue weighted by Crippen LogP contribution is -2.49. The molecule has 23 heavy (non-hydrogen) atoms. The van der Waals surface area contributed by atoms with Gasteiger partial charge in [0.05, 0.1) is 24.3 Å². The van der Waals surface area contributed by atoms with E-state index in [9.17, 15) is 9.59 Å². The van der Waals surface area contributed by atoms with Crippen LogP contribution in [0, 0.1) is 6.92 Å². The Balaban J connectivity index is 1.74. The average molecular weight is 330 g/mol. The molecule has 0 spiro atoms. The van der Waals surface area contributed by atoms with Gasteiger partial charge >= 0.3 is 0 Å². The zero-order valence-corrected chi connectivity index (χ0v) is 13.7. The summed E-state index contributed by atoms with van der Waals surface area (Å²) in [6.45, 7) is 3.23. The van der Waals surface area contributed by atoms with Crippen LogP contribution >= 0.6 is 11.3 Å². The summed E-state index contributed by atoms with van der Waals surface area (Å²) in [4.78, 5) is 31.0. The summed E-state index contributed by atoms with van der Waals surface area (Å²) in [6.07, 6.45) is 0.263. The van der Waals surface area contributed by atoms with Crippen LogP contribution in [0.2, 0.25) is 0 Å². The molecule has 1 atom stereocenters. The van der Waals surface area contributed by atoms with E-state index in [1.54, 1.807) is 22.4 Å². The van der Waals surface area contributed by atoms with Crippen LogP contribution in [0.1, 0.15) is 32.3 Å². The lowest BCUT2D eigenvalue weighted by atomic mass is 10.0. The fourth-order valence-corrected chi connectivity index (χ4v) is 3.24. The summed E-state index contributed by atoms with van der Waals surface area (Å²) in [6, 6.07) is 8.90. The highest BCUT2D eigenvalue weighted by Gasteiger charge is 2.31. The van der Waals surface area contributed by atoms with Crippen molar-refractivity contribution >= 4 is 23.0 Å². The van der Waals surface area contributed by atoms with Crippen LogP contribution in [0.25, 0.3) is 0 Å². The van der Waals surface area contributed by atoms with Crippen LogP contribution in [-0.2, 0) is 4.74 Å². The topological polar surface area (TPSA) is 59.5 Å². The van der Waals surface area contributed by atoms with Gasteiger partial charge < -0.3 is 9.64 Å². The predicted molar refractivity (Wildman–Crippen MR) is 87.9 cm³/mol. The summed E-state index contributed by atoms with van der Waals surface area (Å²) in [7, 11) is 0. The highest BCUT2D eigenvalue weighted by molar-refractivity contribution is 7.09. The summed E-state index contributed by atoms with van der Waals surface area (Å²) < 4.78 is 5.48. The molecule has 120 valence electrons. The zero-order valence-electron chi connectivity index (χ0n) is 12.9. The number of hydrogen-bond donors (Lipinski definition) is 0. The maximum atomic E-state index is 12.6. The van der Waals surface area contributed by atoms with Crippen LogP contribution < -0.4 is 0 Å². The van der Waals surface area contributed by atoms with E-state index >= 15 is 0 Å². The van der Waals surface area contributed by atoms with Gasteiger partial charge in [0.1, 0.15) is 5.69 Å². The molecule has 1 aromatic heterocycles. The van der Waals surface area contributed by atoms with E-state index in [0.29, 0.717) is 31.0 Å². The third-order valence-electron chi connectivity index (χ3n) is 3.84. The molecule has 2 heterocycles. The molecular formula is C17H18N2O3S. The maximum absolute atomic E-state index is 12.6. The zero-order chi connectivity index (χ0) is 16.2. The smallest absolute Gasteiger partial charge is 0.273 e. The number of rotatable bonds is 4. The highest BCUT2D eigenvalue weighted by atomic mass is 32.1. The lowest BCUT2D eigenvalue weighted by Gasteiger charge is -2.35. The Labute approximate surface area is 138 Å². The van der Waals surface area contributed by atoms with E-state index in [1.165, 1.54) is 11.3 Å². The van der Waals surface area contributed by atoms with Gasteiger partial charge in [-0.05, 0) is 6.92 Å². The van der Waals surface area contributed by atoms with Crippen molar-refractivity contribution in [2.24, 2.45) is 0 Å². The first-order valence-corrected chi connectivity index (χ1v) is 8.42. The van der Waals surface area contributed by atoms with Crippen LogP contribution in [0.5, 0.6) is 0 Å². The largest absolute Gasteiger partial charge is 0.377 e. The van der Waals surface area contributed by atoms with Gasteiger partial charge in [0.15, 0.2) is 5.78 Å². The van der Waals surface area contributed by atoms with Crippen molar-refractivity contribution in [2.75, 3.05) is 19.8 Å². The number of ether oxygens (including phenoxy) is 1. The average Bonchev–Trinajstić information content (AvgIpc) is 3.02. The van der Waals surface area contributed by atoms with E-state index in [2.05, 4.69) is 4.98 Å². The minimum absolute atomic E-state index is 0.0216. The standard InChI is InChI=1S/C17H18N2O3S/c1-12-18-15(11-23-12)17(21)19-7-8-22-10-14(19)9-16(20)13-5-3-2-4-6-13/h2-6,11,14H,7-10H2,1H3/t14-/m0/s1. The second-order valence-electron chi connectivity index (χ2n) is 5.47. The monoisotopic (exact) mass is 330 g/mol. The Hall–Kier alpha value is -2.05. The number of aryl methyl sites for hydroxylation is 1. The van der Waals surface area contributed by atoms with Crippen molar-refractivity contribution in [2.45, 2.75) is 19.4 Å². The van der Waals surface area contributed by atoms with Gasteiger partial charge in [-0.25, -0.2) is 4.98 Å². The van der Waals surface area contributed by atoms with Gasteiger partial charge in [-0.15, -0.1) is 11.3 Å². The summed E-state index contributed by atoms with van der Waals surface area (Å²) in [5.74, 6) is -0.100. The van der Waals surface area contributed by atoms with E-state index in [1.807, 2.05) is 25.1 Å². The number of carbonyl (C=O) groups excluding carboxylic acids is 2. The first-order chi connectivity index (χ1) is 11.1. The fourth-order valence-electron chi connectivity index (χ4n) is 2.66. The van der Waals surface area contributed by atoms with Gasteiger partial charge in [0.25, 0.3) is 5.91 Å². The Morgan fingerprint density at radius 1 is 1.35 bits per heavy atom. The second-order valence-corrected chi connectivity index (χ2v) is 6.53. The number of carbonyl (C=O) groups is 2. The van der Waals surface area contributed by atoms with Crippen LogP contribution in [-0.4, -0.2) is 47.4 Å². The van der Waals surface area contributed by atoms with Gasteiger partial charge in [-0.1, -0.05) is 30.3 Å². The predicted octanol–water partition coefficient (Wildman–Crippen LogP) is 2.57. The SMILES string of the molecule is Cc1nc(C(=O)N2CCOC[C@@H]2CC(=O)c2ccccc2)cs1. The van der Waals surface area contributed by atoms with E-state index in [4.69, 9.17) is 4.74 Å². The molecule has 0 bridgehead atoms. The molecule has 1 amide bonds. The van der Waals surface area contributed by atoms with Gasteiger partial charge in [0.2, 0.25) is 0 Å². The van der Waals surface area contributed by atoms with Gasteiger partial charge in [0, 0.05) is 23.9 Å². The summed E-state index contributed by atoms with van der Waals surface area (Å²) in [5.41, 5.74) is 1.11. The first kappa shape index (κ1) is 15.8. The molecule has 0 aliphatic carbocycles. The van der Waals surface area contributed by atoms with Crippen molar-refractivity contribution in [3.05, 3.63) is 52.0 Å². The Kier molecular flexibility index (Phi) is 4.83. The van der Waals surface area contributed by atoms with Crippen molar-refractivity contribution in [3.8, 4) is 0 Å². The molecule has 5 nitrogen and oxygen atoms in total. The number of Topliss-reactive ketones (excluding diaryl/α,β-unsaturated/α-hetero) is 1. The number of ketones is 1. The lowest BCUT2D eigenvalue weighted by molar-refractivity contribution is -0.00307. The molecule has 1 fully saturated rings. The minimum atomic E-state index is -0.244. The second kappa shape index (κ2) is 7.02. The third-order valence-corrected chi connectivity index (χ3v) is 4.62. The molecular weight excluding hydrogens is 312 g/mol. The summed E-state index contributed by atoms with van der Waals surface area (Å²) in [5, 5.41) is 2.63. The number of amides is 1. The first-order valence-electron chi connectivity index (χ1n) is 7.54. The van der Waals surface area contributed by atoms with Crippen molar-refractivity contribution in [1.29, 1.82) is 0 Å². The Bertz CT molecular complexity index is 699. The molecule has 3 rings (SSSR count). The van der Waals surface area contributed by atoms with Crippen molar-refractivity contribution < 1.29 is 14.3 Å². The number of morpholine rings is 1. The van der Waals surface area contributed by atoms with Crippen LogP contribution in [0.4, 0.5) is 0 Å². The third kappa shape index (κ3) is 3.65. The molecule has 2 aromatic rings. The molecule has 0 saturated carbocycles. The molecule has 0 radical (unpaired) electrons. The molecule has 0 unspecified atom stereocenters. The van der Waals surface area contributed by atoms with Crippen LogP contribution in [0.3, 0.4) is 0 Å². The molecule has 1 aliphatic heterocycles. The fraction of sp³-hybridized carbons (Fsp3) is 0.353. The Morgan fingerprint density at radius 2 is 2.13 bits per heavy atom. The van der Waals surface area contributed by atoms with Gasteiger partial charge in [-0.2, -0.15) is 0 Å². The maximum Gasteiger partial charge on any atom is 0.273 e. The normalized spacial score (nSPS) is 18.0. The highest BCUT2D eigenvalue weighted by Crippen LogP contribution is 2.18. The van der Waals surface area contributed by atoms with Crippen molar-refractivity contribution in [1.82, 2.24) is 9.88 Å².